The number of rotatable bonds is 1. The lowest BCUT2D eigenvalue weighted by atomic mass is 10.1. The van der Waals surface area contributed by atoms with Gasteiger partial charge in [-0.2, -0.15) is 0 Å². The van der Waals surface area contributed by atoms with E-state index < -0.39 is 0 Å². The van der Waals surface area contributed by atoms with Crippen LogP contribution in [0.2, 0.25) is 0 Å². The number of hydrogen-bond donors (Lipinski definition) is 0. The van der Waals surface area contributed by atoms with E-state index in [1.807, 2.05) is 4.90 Å². The van der Waals surface area contributed by atoms with Crippen LogP contribution in [-0.2, 0) is 0 Å². The van der Waals surface area contributed by atoms with E-state index in [0.717, 1.165) is 19.4 Å². The molecule has 2 nitrogen and oxygen atoms in total. The van der Waals surface area contributed by atoms with E-state index in [9.17, 15) is 9.18 Å². The Morgan fingerprint density at radius 1 is 1.47 bits per heavy atom. The summed E-state index contributed by atoms with van der Waals surface area (Å²) >= 11 is 6.63. The van der Waals surface area contributed by atoms with Crippen molar-refractivity contribution in [3.05, 3.63) is 34.1 Å². The van der Waals surface area contributed by atoms with Crippen molar-refractivity contribution in [3.8, 4) is 0 Å². The third kappa shape index (κ3) is 3.07. The summed E-state index contributed by atoms with van der Waals surface area (Å²) in [6, 6.07) is 4.38. The predicted molar refractivity (Wildman–Crippen MR) is 72.0 cm³/mol. The van der Waals surface area contributed by atoms with Crippen LogP contribution in [0.5, 0.6) is 0 Å². The molecule has 0 radical (unpaired) electrons. The molecule has 0 N–H and O–H groups in total. The molecule has 17 heavy (non-hydrogen) atoms. The Morgan fingerprint density at radius 3 is 2.88 bits per heavy atom. The normalized spacial score (nSPS) is 20.4. The van der Waals surface area contributed by atoms with Gasteiger partial charge in [0.05, 0.1) is 4.47 Å². The van der Waals surface area contributed by atoms with Crippen LogP contribution in [0.15, 0.2) is 22.7 Å². The molecule has 92 valence electrons. The Labute approximate surface area is 116 Å². The van der Waals surface area contributed by atoms with E-state index in [1.54, 1.807) is 0 Å². The van der Waals surface area contributed by atoms with Crippen molar-refractivity contribution in [2.45, 2.75) is 17.7 Å². The van der Waals surface area contributed by atoms with E-state index in [1.165, 1.54) is 18.2 Å². The van der Waals surface area contributed by atoms with Crippen LogP contribution < -0.4 is 0 Å². The first-order chi connectivity index (χ1) is 8.08. The average molecular weight is 365 g/mol. The maximum absolute atomic E-state index is 13.1. The van der Waals surface area contributed by atoms with Gasteiger partial charge in [-0.15, -0.1) is 0 Å². The molecular formula is C12H12Br2FNO. The monoisotopic (exact) mass is 363 g/mol. The maximum Gasteiger partial charge on any atom is 0.253 e. The number of benzene rings is 1. The van der Waals surface area contributed by atoms with E-state index in [4.69, 9.17) is 0 Å². The standard InChI is InChI=1S/C12H12Br2FNO/c13-9-2-1-5-16(7-9)12(17)8-3-4-11(15)10(14)6-8/h3-4,6,9H,1-2,5,7H2. The van der Waals surface area contributed by atoms with Crippen LogP contribution in [0.25, 0.3) is 0 Å². The van der Waals surface area contributed by atoms with Gasteiger partial charge >= 0.3 is 0 Å². The topological polar surface area (TPSA) is 20.3 Å². The first-order valence-corrected chi connectivity index (χ1v) is 7.17. The highest BCUT2D eigenvalue weighted by Gasteiger charge is 2.23. The summed E-state index contributed by atoms with van der Waals surface area (Å²) < 4.78 is 13.4. The molecule has 0 bridgehead atoms. The average Bonchev–Trinajstić information content (AvgIpc) is 2.32. The van der Waals surface area contributed by atoms with Crippen molar-refractivity contribution < 1.29 is 9.18 Å². The number of alkyl halides is 1. The van der Waals surface area contributed by atoms with Crippen LogP contribution in [0, 0.1) is 5.82 Å². The molecule has 5 heteroatoms. The SMILES string of the molecule is O=C(c1ccc(F)c(Br)c1)N1CCCC(Br)C1. The Balaban J connectivity index is 2.15. The summed E-state index contributed by atoms with van der Waals surface area (Å²) in [6.07, 6.45) is 2.10. The van der Waals surface area contributed by atoms with Crippen molar-refractivity contribution in [2.24, 2.45) is 0 Å². The van der Waals surface area contributed by atoms with Crippen molar-refractivity contribution in [1.29, 1.82) is 0 Å². The lowest BCUT2D eigenvalue weighted by Gasteiger charge is -2.30. The highest BCUT2D eigenvalue weighted by molar-refractivity contribution is 9.10. The van der Waals surface area contributed by atoms with Gasteiger partial charge in [-0.3, -0.25) is 4.79 Å². The quantitative estimate of drug-likeness (QED) is 0.697. The van der Waals surface area contributed by atoms with E-state index in [-0.39, 0.29) is 11.7 Å². The highest BCUT2D eigenvalue weighted by atomic mass is 79.9. The van der Waals surface area contributed by atoms with E-state index in [2.05, 4.69) is 31.9 Å². The molecule has 0 aliphatic carbocycles. The Morgan fingerprint density at radius 2 is 2.24 bits per heavy atom. The molecule has 0 saturated carbocycles. The molecular weight excluding hydrogens is 353 g/mol. The number of likely N-dealkylation sites (tertiary alicyclic amines) is 1. The maximum atomic E-state index is 13.1. The van der Waals surface area contributed by atoms with Crippen LogP contribution in [0.1, 0.15) is 23.2 Å². The second-order valence-electron chi connectivity index (χ2n) is 4.12. The third-order valence-electron chi connectivity index (χ3n) is 2.82. The fraction of sp³-hybridized carbons (Fsp3) is 0.417. The number of carbonyl (C=O) groups excluding carboxylic acids is 1. The number of hydrogen-bond acceptors (Lipinski definition) is 1. The fourth-order valence-corrected chi connectivity index (χ4v) is 2.97. The van der Waals surface area contributed by atoms with Gasteiger partial charge in [0.15, 0.2) is 0 Å². The van der Waals surface area contributed by atoms with Crippen LogP contribution >= 0.6 is 31.9 Å². The zero-order valence-electron chi connectivity index (χ0n) is 9.13. The molecule has 1 amide bonds. The molecule has 1 atom stereocenters. The van der Waals surface area contributed by atoms with Gasteiger partial charge in [0.2, 0.25) is 0 Å². The highest BCUT2D eigenvalue weighted by Crippen LogP contribution is 2.21. The summed E-state index contributed by atoms with van der Waals surface area (Å²) in [4.78, 5) is 14.3. The summed E-state index contributed by atoms with van der Waals surface area (Å²) in [6.45, 7) is 1.49. The molecule has 1 aliphatic rings. The van der Waals surface area contributed by atoms with Crippen molar-refractivity contribution in [3.63, 3.8) is 0 Å². The second-order valence-corrected chi connectivity index (χ2v) is 6.27. The number of halogens is 3. The molecule has 0 aromatic heterocycles. The number of carbonyl (C=O) groups is 1. The van der Waals surface area contributed by atoms with Gasteiger partial charge < -0.3 is 4.90 Å². The Hall–Kier alpha value is -0.420. The van der Waals surface area contributed by atoms with Gasteiger partial charge in [-0.05, 0) is 47.0 Å². The van der Waals surface area contributed by atoms with E-state index >= 15 is 0 Å². The first kappa shape index (κ1) is 13.0. The molecule has 1 unspecified atom stereocenters. The number of amides is 1. The van der Waals surface area contributed by atoms with Gasteiger partial charge in [-0.25, -0.2) is 4.39 Å². The second kappa shape index (κ2) is 5.48. The molecule has 0 spiro atoms. The molecule has 1 aliphatic heterocycles. The molecule has 2 rings (SSSR count). The minimum absolute atomic E-state index is 0.0325. The zero-order chi connectivity index (χ0) is 12.4. The van der Waals surface area contributed by atoms with Crippen LogP contribution in [0.3, 0.4) is 0 Å². The smallest absolute Gasteiger partial charge is 0.253 e. The van der Waals surface area contributed by atoms with Gasteiger partial charge in [0.1, 0.15) is 5.82 Å². The van der Waals surface area contributed by atoms with Gasteiger partial charge in [-0.1, -0.05) is 15.9 Å². The van der Waals surface area contributed by atoms with Crippen molar-refractivity contribution in [1.82, 2.24) is 4.90 Å². The summed E-state index contributed by atoms with van der Waals surface area (Å²) in [7, 11) is 0. The van der Waals surface area contributed by atoms with Crippen LogP contribution in [0.4, 0.5) is 4.39 Å². The molecule has 1 aromatic rings. The van der Waals surface area contributed by atoms with Gasteiger partial charge in [0, 0.05) is 23.5 Å². The number of nitrogens with zero attached hydrogens (tertiary/aromatic N) is 1. The third-order valence-corrected chi connectivity index (χ3v) is 4.17. The fourth-order valence-electron chi connectivity index (χ4n) is 1.92. The minimum Gasteiger partial charge on any atom is -0.338 e. The lowest BCUT2D eigenvalue weighted by Crippen LogP contribution is -2.40. The van der Waals surface area contributed by atoms with Crippen molar-refractivity contribution in [2.75, 3.05) is 13.1 Å². The van der Waals surface area contributed by atoms with Gasteiger partial charge in [0.25, 0.3) is 5.91 Å². The summed E-state index contributed by atoms with van der Waals surface area (Å²) in [5.41, 5.74) is 0.528. The summed E-state index contributed by atoms with van der Waals surface area (Å²) in [5.74, 6) is -0.381. The Bertz CT molecular complexity index is 439. The molecule has 1 heterocycles. The first-order valence-electron chi connectivity index (χ1n) is 5.46. The molecule has 1 saturated heterocycles. The lowest BCUT2D eigenvalue weighted by molar-refractivity contribution is 0.0730. The molecule has 1 aromatic carbocycles. The zero-order valence-corrected chi connectivity index (χ0v) is 12.3. The van der Waals surface area contributed by atoms with Crippen LogP contribution in [-0.4, -0.2) is 28.7 Å². The summed E-state index contributed by atoms with van der Waals surface area (Å²) in [5, 5.41) is 0. The number of piperidine rings is 1. The molecule has 1 fully saturated rings. The van der Waals surface area contributed by atoms with Crippen molar-refractivity contribution >= 4 is 37.8 Å². The largest absolute Gasteiger partial charge is 0.338 e. The predicted octanol–water partition coefficient (Wildman–Crippen LogP) is 3.59. The van der Waals surface area contributed by atoms with E-state index in [0.29, 0.717) is 21.4 Å². The minimum atomic E-state index is -0.349. The Kier molecular flexibility index (Phi) is 4.20.